The second kappa shape index (κ2) is 6.49. The fraction of sp³-hybridized carbons (Fsp3) is 0.286. The molecule has 0 saturated carbocycles. The van der Waals surface area contributed by atoms with Crippen LogP contribution in [0, 0.1) is 0 Å². The molecule has 1 atom stereocenters. The van der Waals surface area contributed by atoms with Crippen LogP contribution < -0.4 is 0 Å². The van der Waals surface area contributed by atoms with E-state index in [1.54, 1.807) is 19.1 Å². The molecule has 0 aliphatic heterocycles. The van der Waals surface area contributed by atoms with Gasteiger partial charge in [0.25, 0.3) is 0 Å². The fourth-order valence-electron chi connectivity index (χ4n) is 0.273. The lowest BCUT2D eigenvalue weighted by Gasteiger charge is -1.89. The first-order valence-corrected chi connectivity index (χ1v) is 3.97. The molecular weight excluding hydrogens is 148 g/mol. The molecule has 56 valence electrons. The van der Waals surface area contributed by atoms with Crippen LogP contribution in [-0.4, -0.2) is 10.8 Å². The lowest BCUT2D eigenvalue weighted by molar-refractivity contribution is 0.401. The smallest absolute Gasteiger partial charge is 0.189 e. The van der Waals surface area contributed by atoms with Gasteiger partial charge >= 0.3 is 0 Å². The standard InChI is InChI=1S/C7H10O2S/c1-3-5-7-10(8)9-6-4-2/h3-4,7H,2,6H2,1H3. The van der Waals surface area contributed by atoms with Crippen molar-refractivity contribution in [3.8, 4) is 0 Å². The minimum Gasteiger partial charge on any atom is -0.283 e. The first kappa shape index (κ1) is 9.37. The van der Waals surface area contributed by atoms with E-state index in [2.05, 4.69) is 12.3 Å². The third-order valence-corrected chi connectivity index (χ3v) is 1.33. The Hall–Kier alpha value is -0.630. The predicted octanol–water partition coefficient (Wildman–Crippen LogP) is 1.54. The van der Waals surface area contributed by atoms with Crippen molar-refractivity contribution in [3.63, 3.8) is 0 Å². The van der Waals surface area contributed by atoms with Gasteiger partial charge in [0.2, 0.25) is 0 Å². The molecule has 0 bridgehead atoms. The van der Waals surface area contributed by atoms with Gasteiger partial charge in [-0.25, -0.2) is 4.21 Å². The highest BCUT2D eigenvalue weighted by atomic mass is 32.2. The minimum absolute atomic E-state index is 0.300. The Kier molecular flexibility index (Phi) is 6.08. The van der Waals surface area contributed by atoms with Gasteiger partial charge in [-0.15, -0.1) is 12.3 Å². The van der Waals surface area contributed by atoms with Crippen LogP contribution in [0.25, 0.3) is 0 Å². The molecule has 0 aromatic carbocycles. The quantitative estimate of drug-likeness (QED) is 0.458. The van der Waals surface area contributed by atoms with Gasteiger partial charge in [0.1, 0.15) is 0 Å². The van der Waals surface area contributed by atoms with Gasteiger partial charge in [0.05, 0.1) is 12.0 Å². The molecule has 0 aromatic heterocycles. The second-order valence-corrected chi connectivity index (χ2v) is 2.40. The summed E-state index contributed by atoms with van der Waals surface area (Å²) in [6, 6.07) is 0. The number of allylic oxidation sites excluding steroid dienone is 1. The monoisotopic (exact) mass is 158 g/mol. The minimum atomic E-state index is -1.36. The van der Waals surface area contributed by atoms with Gasteiger partial charge in [-0.3, -0.25) is 4.18 Å². The molecule has 0 amide bonds. The summed E-state index contributed by atoms with van der Waals surface area (Å²) in [5.74, 6) is 0. The highest BCUT2D eigenvalue weighted by molar-refractivity contribution is 7.83. The molecule has 0 aliphatic rings. The van der Waals surface area contributed by atoms with E-state index < -0.39 is 11.1 Å². The summed E-state index contributed by atoms with van der Waals surface area (Å²) < 4.78 is 15.4. The summed E-state index contributed by atoms with van der Waals surface area (Å²) in [7, 11) is 0. The van der Waals surface area contributed by atoms with Gasteiger partial charge in [-0.05, 0) is 13.0 Å². The number of rotatable bonds is 4. The highest BCUT2D eigenvalue weighted by Crippen LogP contribution is 1.86. The third kappa shape index (κ3) is 5.51. The van der Waals surface area contributed by atoms with Crippen LogP contribution in [0.5, 0.6) is 0 Å². The largest absolute Gasteiger partial charge is 0.283 e. The molecule has 0 fully saturated rings. The van der Waals surface area contributed by atoms with Gasteiger partial charge in [-0.1, -0.05) is 6.08 Å². The van der Waals surface area contributed by atoms with Crippen molar-refractivity contribution in [2.45, 2.75) is 6.92 Å². The zero-order valence-electron chi connectivity index (χ0n) is 5.87. The average molecular weight is 158 g/mol. The van der Waals surface area contributed by atoms with Gasteiger partial charge in [0.15, 0.2) is 11.1 Å². The van der Waals surface area contributed by atoms with Crippen LogP contribution in [0.2, 0.25) is 0 Å². The third-order valence-electron chi connectivity index (χ3n) is 0.633. The average Bonchev–Trinajstić information content (AvgIpc) is 1.97. The van der Waals surface area contributed by atoms with E-state index in [9.17, 15) is 4.21 Å². The van der Waals surface area contributed by atoms with Crippen molar-refractivity contribution < 1.29 is 8.39 Å². The first-order chi connectivity index (χ1) is 4.81. The van der Waals surface area contributed by atoms with Gasteiger partial charge in [0, 0.05) is 0 Å². The lowest BCUT2D eigenvalue weighted by Crippen LogP contribution is -1.91. The van der Waals surface area contributed by atoms with E-state index in [4.69, 9.17) is 4.18 Å². The van der Waals surface area contributed by atoms with Crippen LogP contribution in [0.3, 0.4) is 0 Å². The summed E-state index contributed by atoms with van der Waals surface area (Å²) in [5, 5.41) is 1.35. The molecule has 0 aromatic rings. The zero-order chi connectivity index (χ0) is 7.82. The Morgan fingerprint density at radius 3 is 3.00 bits per heavy atom. The molecule has 10 heavy (non-hydrogen) atoms. The Balaban J connectivity index is 3.64. The van der Waals surface area contributed by atoms with Crippen molar-refractivity contribution in [1.82, 2.24) is 0 Å². The van der Waals surface area contributed by atoms with Crippen LogP contribution in [0.1, 0.15) is 6.92 Å². The van der Waals surface area contributed by atoms with E-state index in [0.29, 0.717) is 6.61 Å². The topological polar surface area (TPSA) is 26.3 Å². The molecular formula is C7H10O2S. The predicted molar refractivity (Wildman–Crippen MR) is 42.6 cm³/mol. The Bertz CT molecular complexity index is 178. The van der Waals surface area contributed by atoms with Crippen molar-refractivity contribution in [2.24, 2.45) is 0 Å². The molecule has 0 heterocycles. The van der Waals surface area contributed by atoms with E-state index in [1.165, 1.54) is 5.41 Å². The maximum atomic E-state index is 10.7. The van der Waals surface area contributed by atoms with Crippen molar-refractivity contribution in [2.75, 3.05) is 6.61 Å². The van der Waals surface area contributed by atoms with E-state index in [1.807, 2.05) is 0 Å². The fourth-order valence-corrected chi connectivity index (χ4v) is 0.818. The van der Waals surface area contributed by atoms with E-state index >= 15 is 0 Å². The van der Waals surface area contributed by atoms with Gasteiger partial charge < -0.3 is 0 Å². The molecule has 3 heteroatoms. The summed E-state index contributed by atoms with van der Waals surface area (Å²) >= 11 is -1.36. The van der Waals surface area contributed by atoms with Gasteiger partial charge in [-0.2, -0.15) is 0 Å². The molecule has 0 N–H and O–H groups in total. The summed E-state index contributed by atoms with van der Waals surface area (Å²) in [5.41, 5.74) is 2.65. The van der Waals surface area contributed by atoms with Crippen molar-refractivity contribution >= 4 is 11.1 Å². The molecule has 1 unspecified atom stereocenters. The van der Waals surface area contributed by atoms with Crippen LogP contribution in [-0.2, 0) is 15.3 Å². The van der Waals surface area contributed by atoms with Crippen LogP contribution in [0.15, 0.2) is 29.9 Å². The van der Waals surface area contributed by atoms with Crippen LogP contribution in [0.4, 0.5) is 0 Å². The van der Waals surface area contributed by atoms with E-state index in [0.717, 1.165) is 0 Å². The Labute approximate surface area is 63.6 Å². The van der Waals surface area contributed by atoms with Crippen molar-refractivity contribution in [3.05, 3.63) is 29.9 Å². The zero-order valence-corrected chi connectivity index (χ0v) is 6.69. The summed E-state index contributed by atoms with van der Waals surface area (Å²) in [6.07, 6.45) is 3.20. The molecule has 0 rings (SSSR count). The lowest BCUT2D eigenvalue weighted by atomic mass is 10.7. The SMILES string of the molecule is C=CCOS(=O)C=C=CC. The van der Waals surface area contributed by atoms with E-state index in [-0.39, 0.29) is 0 Å². The number of hydrogen-bond acceptors (Lipinski definition) is 2. The Morgan fingerprint density at radius 2 is 2.50 bits per heavy atom. The molecule has 0 radical (unpaired) electrons. The summed E-state index contributed by atoms with van der Waals surface area (Å²) in [4.78, 5) is 0. The Morgan fingerprint density at radius 1 is 1.80 bits per heavy atom. The van der Waals surface area contributed by atoms with Crippen molar-refractivity contribution in [1.29, 1.82) is 0 Å². The van der Waals surface area contributed by atoms with Crippen LogP contribution >= 0.6 is 0 Å². The number of hydrogen-bond donors (Lipinski definition) is 0. The molecule has 2 nitrogen and oxygen atoms in total. The summed E-state index contributed by atoms with van der Waals surface area (Å²) in [6.45, 7) is 5.50. The normalized spacial score (nSPS) is 11.3. The molecule has 0 saturated heterocycles. The molecule has 0 aliphatic carbocycles. The highest BCUT2D eigenvalue weighted by Gasteiger charge is 1.87. The maximum absolute atomic E-state index is 10.7. The second-order valence-electron chi connectivity index (χ2n) is 1.41. The molecule has 0 spiro atoms. The maximum Gasteiger partial charge on any atom is 0.189 e. The first-order valence-electron chi connectivity index (χ1n) is 2.83.